The fraction of sp³-hybridized carbons (Fsp3) is 0.522. The summed E-state index contributed by atoms with van der Waals surface area (Å²) in [6.07, 6.45) is 6.45. The second-order valence-electron chi connectivity index (χ2n) is 8.38. The number of nitrogens with zero attached hydrogens (tertiary/aromatic N) is 4. The number of aryl methyl sites for hydroxylation is 1. The molecule has 6 heteroatoms. The molecule has 0 spiro atoms. The number of rotatable bonds is 9. The van der Waals surface area contributed by atoms with Crippen LogP contribution in [0.5, 0.6) is 0 Å². The summed E-state index contributed by atoms with van der Waals surface area (Å²) in [5, 5.41) is 3.02. The maximum absolute atomic E-state index is 12.8. The van der Waals surface area contributed by atoms with Crippen molar-refractivity contribution in [2.75, 3.05) is 36.4 Å². The first kappa shape index (κ1) is 19.8. The highest BCUT2D eigenvalue weighted by atomic mass is 16.1. The summed E-state index contributed by atoms with van der Waals surface area (Å²) in [7, 11) is 0. The van der Waals surface area contributed by atoms with Gasteiger partial charge in [0, 0.05) is 31.4 Å². The summed E-state index contributed by atoms with van der Waals surface area (Å²) < 4.78 is 0. The SMILES string of the molecule is CCCN(CC1CC1)c1cc(C(=O)Nc2ccc(CN3CCC3)cc2C)ncn1. The number of nitrogens with one attached hydrogen (secondary N) is 1. The highest BCUT2D eigenvalue weighted by Crippen LogP contribution is 2.31. The largest absolute Gasteiger partial charge is 0.356 e. The maximum atomic E-state index is 12.8. The molecule has 1 aliphatic heterocycles. The Morgan fingerprint density at radius 3 is 2.72 bits per heavy atom. The van der Waals surface area contributed by atoms with E-state index in [0.717, 1.165) is 49.0 Å². The van der Waals surface area contributed by atoms with Gasteiger partial charge in [0.2, 0.25) is 0 Å². The van der Waals surface area contributed by atoms with Gasteiger partial charge in [-0.15, -0.1) is 0 Å². The average Bonchev–Trinajstić information content (AvgIpc) is 3.50. The van der Waals surface area contributed by atoms with Crippen LogP contribution in [0.3, 0.4) is 0 Å². The van der Waals surface area contributed by atoms with Crippen molar-refractivity contribution in [1.82, 2.24) is 14.9 Å². The van der Waals surface area contributed by atoms with Crippen LogP contribution >= 0.6 is 0 Å². The number of anilines is 2. The quantitative estimate of drug-likeness (QED) is 0.701. The molecular weight excluding hydrogens is 362 g/mol. The number of amides is 1. The minimum Gasteiger partial charge on any atom is -0.356 e. The topological polar surface area (TPSA) is 61.4 Å². The van der Waals surface area contributed by atoms with Crippen LogP contribution in [0, 0.1) is 12.8 Å². The van der Waals surface area contributed by atoms with Gasteiger partial charge in [-0.1, -0.05) is 19.1 Å². The molecule has 2 heterocycles. The molecule has 1 N–H and O–H groups in total. The van der Waals surface area contributed by atoms with Crippen molar-refractivity contribution < 1.29 is 4.79 Å². The van der Waals surface area contributed by atoms with Gasteiger partial charge in [-0.05, 0) is 68.8 Å². The van der Waals surface area contributed by atoms with Crippen molar-refractivity contribution in [3.05, 3.63) is 47.4 Å². The third-order valence-corrected chi connectivity index (χ3v) is 5.77. The van der Waals surface area contributed by atoms with E-state index in [1.54, 1.807) is 0 Å². The zero-order valence-corrected chi connectivity index (χ0v) is 17.5. The van der Waals surface area contributed by atoms with Crippen molar-refractivity contribution in [3.8, 4) is 0 Å². The fourth-order valence-electron chi connectivity index (χ4n) is 3.77. The van der Waals surface area contributed by atoms with Crippen LogP contribution in [0.4, 0.5) is 11.5 Å². The lowest BCUT2D eigenvalue weighted by atomic mass is 10.1. The molecule has 29 heavy (non-hydrogen) atoms. The van der Waals surface area contributed by atoms with E-state index < -0.39 is 0 Å². The lowest BCUT2D eigenvalue weighted by molar-refractivity contribution is 0.102. The summed E-state index contributed by atoms with van der Waals surface area (Å²) >= 11 is 0. The number of hydrogen-bond acceptors (Lipinski definition) is 5. The molecule has 1 aliphatic carbocycles. The summed E-state index contributed by atoms with van der Waals surface area (Å²) in [5.41, 5.74) is 3.62. The van der Waals surface area contributed by atoms with Gasteiger partial charge in [-0.3, -0.25) is 9.69 Å². The van der Waals surface area contributed by atoms with Gasteiger partial charge in [-0.25, -0.2) is 9.97 Å². The zero-order valence-electron chi connectivity index (χ0n) is 17.5. The molecule has 2 aromatic rings. The Morgan fingerprint density at radius 2 is 2.07 bits per heavy atom. The molecule has 1 aromatic carbocycles. The summed E-state index contributed by atoms with van der Waals surface area (Å²) in [6, 6.07) is 8.09. The number of hydrogen-bond donors (Lipinski definition) is 1. The standard InChI is InChI=1S/C23H31N5O/c1-3-9-28(15-18-5-6-18)22-13-21(24-16-25-22)23(29)26-20-8-7-19(12-17(20)2)14-27-10-4-11-27/h7-8,12-13,16,18H,3-6,9-11,14-15H2,1-2H3,(H,26,29). The fourth-order valence-corrected chi connectivity index (χ4v) is 3.77. The molecule has 0 unspecified atom stereocenters. The molecule has 6 nitrogen and oxygen atoms in total. The van der Waals surface area contributed by atoms with Crippen LogP contribution in [0.1, 0.15) is 54.2 Å². The lowest BCUT2D eigenvalue weighted by Gasteiger charge is -2.30. The van der Waals surface area contributed by atoms with Crippen LogP contribution in [0.15, 0.2) is 30.6 Å². The van der Waals surface area contributed by atoms with Crippen molar-refractivity contribution >= 4 is 17.4 Å². The molecule has 0 atom stereocenters. The van der Waals surface area contributed by atoms with E-state index in [0.29, 0.717) is 5.69 Å². The molecule has 4 rings (SSSR count). The van der Waals surface area contributed by atoms with Crippen LogP contribution in [0.2, 0.25) is 0 Å². The number of benzene rings is 1. The third-order valence-electron chi connectivity index (χ3n) is 5.77. The molecule has 1 saturated heterocycles. The molecular formula is C23H31N5O. The Bertz CT molecular complexity index is 860. The van der Waals surface area contributed by atoms with E-state index in [2.05, 4.69) is 44.1 Å². The third kappa shape index (κ3) is 5.12. The van der Waals surface area contributed by atoms with E-state index in [-0.39, 0.29) is 5.91 Å². The summed E-state index contributed by atoms with van der Waals surface area (Å²) in [4.78, 5) is 26.2. The zero-order chi connectivity index (χ0) is 20.2. The number of aromatic nitrogens is 2. The normalized spacial score (nSPS) is 16.3. The highest BCUT2D eigenvalue weighted by molar-refractivity contribution is 6.03. The van der Waals surface area contributed by atoms with Crippen LogP contribution < -0.4 is 10.2 Å². The maximum Gasteiger partial charge on any atom is 0.274 e. The van der Waals surface area contributed by atoms with E-state index in [9.17, 15) is 4.79 Å². The summed E-state index contributed by atoms with van der Waals surface area (Å²) in [5.74, 6) is 1.43. The molecule has 0 bridgehead atoms. The molecule has 154 valence electrons. The van der Waals surface area contributed by atoms with Gasteiger partial charge in [-0.2, -0.15) is 0 Å². The molecule has 1 aromatic heterocycles. The number of carbonyl (C=O) groups is 1. The Morgan fingerprint density at radius 1 is 1.24 bits per heavy atom. The van der Waals surface area contributed by atoms with E-state index >= 15 is 0 Å². The van der Waals surface area contributed by atoms with Crippen molar-refractivity contribution in [1.29, 1.82) is 0 Å². The van der Waals surface area contributed by atoms with Crippen molar-refractivity contribution in [3.63, 3.8) is 0 Å². The highest BCUT2D eigenvalue weighted by Gasteiger charge is 2.25. The molecule has 1 saturated carbocycles. The molecule has 2 aliphatic rings. The summed E-state index contributed by atoms with van der Waals surface area (Å²) in [6.45, 7) is 9.53. The first-order valence-electron chi connectivity index (χ1n) is 10.8. The smallest absolute Gasteiger partial charge is 0.274 e. The second kappa shape index (κ2) is 8.91. The van der Waals surface area contributed by atoms with E-state index in [1.807, 2.05) is 19.1 Å². The molecule has 2 fully saturated rings. The predicted octanol–water partition coefficient (Wildman–Crippen LogP) is 3.87. The number of likely N-dealkylation sites (tertiary alicyclic amines) is 1. The van der Waals surface area contributed by atoms with Crippen LogP contribution in [0.25, 0.3) is 0 Å². The number of carbonyl (C=O) groups excluding carboxylic acids is 1. The Balaban J connectivity index is 1.43. The minimum atomic E-state index is -0.185. The van der Waals surface area contributed by atoms with Gasteiger partial charge in [0.05, 0.1) is 0 Å². The Kier molecular flexibility index (Phi) is 6.09. The van der Waals surface area contributed by atoms with Crippen LogP contribution in [-0.2, 0) is 6.54 Å². The first-order valence-corrected chi connectivity index (χ1v) is 10.8. The van der Waals surface area contributed by atoms with Crippen molar-refractivity contribution in [2.45, 2.75) is 46.1 Å². The molecule has 0 radical (unpaired) electrons. The predicted molar refractivity (Wildman–Crippen MR) is 116 cm³/mol. The minimum absolute atomic E-state index is 0.185. The Labute approximate surface area is 173 Å². The van der Waals surface area contributed by atoms with Gasteiger partial charge >= 0.3 is 0 Å². The van der Waals surface area contributed by atoms with Gasteiger partial charge in [0.15, 0.2) is 0 Å². The van der Waals surface area contributed by atoms with E-state index in [1.165, 1.54) is 44.2 Å². The van der Waals surface area contributed by atoms with Gasteiger partial charge in [0.25, 0.3) is 5.91 Å². The van der Waals surface area contributed by atoms with E-state index in [4.69, 9.17) is 0 Å². The van der Waals surface area contributed by atoms with Gasteiger partial charge < -0.3 is 10.2 Å². The lowest BCUT2D eigenvalue weighted by Crippen LogP contribution is -2.36. The Hall–Kier alpha value is -2.47. The monoisotopic (exact) mass is 393 g/mol. The van der Waals surface area contributed by atoms with Crippen molar-refractivity contribution in [2.24, 2.45) is 5.92 Å². The second-order valence-corrected chi connectivity index (χ2v) is 8.38. The average molecular weight is 394 g/mol. The van der Waals surface area contributed by atoms with Gasteiger partial charge in [0.1, 0.15) is 17.8 Å². The first-order chi connectivity index (χ1) is 14.1. The molecule has 1 amide bonds. The van der Waals surface area contributed by atoms with Crippen LogP contribution in [-0.4, -0.2) is 47.0 Å².